The molecule has 1 aliphatic carbocycles. The quantitative estimate of drug-likeness (QED) is 0.123. The van der Waals surface area contributed by atoms with E-state index in [0.29, 0.717) is 0 Å². The van der Waals surface area contributed by atoms with Crippen LogP contribution in [-0.4, -0.2) is 18.0 Å². The van der Waals surface area contributed by atoms with Crippen molar-refractivity contribution in [1.82, 2.24) is 9.97 Å². The van der Waals surface area contributed by atoms with Crippen molar-refractivity contribution in [3.05, 3.63) is 138 Å². The molecule has 0 atom stereocenters. The molecule has 3 heterocycles. The van der Waals surface area contributed by atoms with E-state index in [0.717, 1.165) is 59.3 Å². The summed E-state index contributed by atoms with van der Waals surface area (Å²) in [5.41, 5.74) is 8.28. The van der Waals surface area contributed by atoms with Gasteiger partial charge in [0, 0.05) is 44.1 Å². The SMILES string of the molecule is [2H]C([2H])([2H])c1c[c-]c(-c2cc(C([2H])(C)C)c([Si](C)(C)C)cn2)cc1.[2H]C1(c2ccnc(-c3[c-]ccc4c3sc3cc(-c5ccccc5)ccc34)c2)CCCCC1.[Ir]. The van der Waals surface area contributed by atoms with Crippen molar-refractivity contribution in [3.8, 4) is 33.6 Å². The zero-order valence-electron chi connectivity index (χ0n) is 35.6. The number of aromatic nitrogens is 2. The number of aryl methyl sites for hydroxylation is 1. The van der Waals surface area contributed by atoms with Crippen LogP contribution in [0.25, 0.3) is 53.8 Å². The van der Waals surface area contributed by atoms with Gasteiger partial charge in [-0.05, 0) is 74.5 Å². The van der Waals surface area contributed by atoms with E-state index in [-0.39, 0.29) is 25.7 Å². The van der Waals surface area contributed by atoms with E-state index in [1.165, 1.54) is 49.0 Å². The molecule has 1 aliphatic rings. The van der Waals surface area contributed by atoms with Gasteiger partial charge < -0.3 is 9.97 Å². The van der Waals surface area contributed by atoms with Crippen LogP contribution in [0.3, 0.4) is 0 Å². The summed E-state index contributed by atoms with van der Waals surface area (Å²) in [6, 6.07) is 38.9. The molecule has 1 saturated carbocycles. The molecular weight excluding hydrogens is 845 g/mol. The Morgan fingerprint density at radius 2 is 1.65 bits per heavy atom. The van der Waals surface area contributed by atoms with Crippen LogP contribution < -0.4 is 5.19 Å². The van der Waals surface area contributed by atoms with Gasteiger partial charge in [-0.2, -0.15) is 11.3 Å². The van der Waals surface area contributed by atoms with Gasteiger partial charge in [-0.15, -0.1) is 59.2 Å². The predicted molar refractivity (Wildman–Crippen MR) is 223 cm³/mol. The molecule has 0 aliphatic heterocycles. The van der Waals surface area contributed by atoms with Gasteiger partial charge in [0.15, 0.2) is 0 Å². The van der Waals surface area contributed by atoms with Crippen molar-refractivity contribution in [2.75, 3.05) is 0 Å². The summed E-state index contributed by atoms with van der Waals surface area (Å²) < 4.78 is 42.3. The van der Waals surface area contributed by atoms with E-state index in [1.54, 1.807) is 12.1 Å². The third kappa shape index (κ3) is 8.40. The third-order valence-corrected chi connectivity index (χ3v) is 13.0. The molecule has 0 spiro atoms. The van der Waals surface area contributed by atoms with Crippen LogP contribution in [0.5, 0.6) is 0 Å². The number of nitrogens with zero attached hydrogens (tertiary/aromatic N) is 2. The van der Waals surface area contributed by atoms with Crippen molar-refractivity contribution in [1.29, 1.82) is 0 Å². The van der Waals surface area contributed by atoms with Crippen molar-refractivity contribution in [2.45, 2.75) is 84.2 Å². The molecule has 8 rings (SSSR count). The Morgan fingerprint density at radius 1 is 0.846 bits per heavy atom. The van der Waals surface area contributed by atoms with Crippen LogP contribution in [0, 0.1) is 19.0 Å². The fraction of sp³-hybridized carbons (Fsp3) is 0.277. The molecule has 0 unspecified atom stereocenters. The number of rotatable bonds is 6. The minimum atomic E-state index is -2.13. The van der Waals surface area contributed by atoms with Crippen molar-refractivity contribution >= 4 is 44.8 Å². The van der Waals surface area contributed by atoms with Gasteiger partial charge in [-0.1, -0.05) is 131 Å². The molecule has 7 aromatic rings. The molecule has 0 amide bonds. The fourth-order valence-electron chi connectivity index (χ4n) is 6.99. The largest absolute Gasteiger partial charge is 0.305 e. The maximum atomic E-state index is 9.04. The van der Waals surface area contributed by atoms with Crippen LogP contribution in [0.2, 0.25) is 19.6 Å². The molecule has 2 nitrogen and oxygen atoms in total. The first kappa shape index (κ1) is 31.8. The minimum Gasteiger partial charge on any atom is -0.305 e. The third-order valence-electron chi connectivity index (χ3n) is 9.76. The first-order chi connectivity index (χ1) is 26.5. The molecule has 0 N–H and O–H groups in total. The summed E-state index contributed by atoms with van der Waals surface area (Å²) >= 11 is 1.81. The Balaban J connectivity index is 0.000000198. The summed E-state index contributed by atoms with van der Waals surface area (Å²) in [6.07, 6.45) is 9.18. The van der Waals surface area contributed by atoms with Gasteiger partial charge in [-0.3, -0.25) is 0 Å². The van der Waals surface area contributed by atoms with Crippen LogP contribution in [0.1, 0.15) is 81.3 Å². The summed E-state index contributed by atoms with van der Waals surface area (Å²) in [4.78, 5) is 9.27. The number of fused-ring (bicyclic) bond motifs is 3. The van der Waals surface area contributed by atoms with Crippen LogP contribution in [-0.2, 0) is 20.1 Å². The second kappa shape index (κ2) is 16.5. The molecule has 5 heteroatoms. The van der Waals surface area contributed by atoms with E-state index in [4.69, 9.17) is 11.8 Å². The number of benzene rings is 4. The van der Waals surface area contributed by atoms with Crippen molar-refractivity contribution in [3.63, 3.8) is 0 Å². The van der Waals surface area contributed by atoms with Crippen molar-refractivity contribution in [2.24, 2.45) is 0 Å². The second-order valence-electron chi connectivity index (χ2n) is 14.7. The second-order valence-corrected chi connectivity index (χ2v) is 20.8. The normalized spacial score (nSPS) is 16.0. The van der Waals surface area contributed by atoms with Gasteiger partial charge >= 0.3 is 0 Å². The van der Waals surface area contributed by atoms with Crippen LogP contribution in [0.15, 0.2) is 109 Å². The monoisotopic (exact) mass is 898 g/mol. The molecule has 4 aromatic carbocycles. The first-order valence-corrected chi connectivity index (χ1v) is 22.3. The molecular formula is C47H48IrN2SSi-2. The van der Waals surface area contributed by atoms with Gasteiger partial charge in [0.1, 0.15) is 0 Å². The molecule has 52 heavy (non-hydrogen) atoms. The van der Waals surface area contributed by atoms with E-state index >= 15 is 0 Å². The maximum Gasteiger partial charge on any atom is 0.0799 e. The fourth-order valence-corrected chi connectivity index (χ4v) is 9.82. The van der Waals surface area contributed by atoms with Crippen LogP contribution in [0.4, 0.5) is 0 Å². The Kier molecular flexibility index (Phi) is 10.1. The summed E-state index contributed by atoms with van der Waals surface area (Å²) in [5.74, 6) is -1.19. The van der Waals surface area contributed by atoms with Gasteiger partial charge in [0.25, 0.3) is 0 Å². The molecule has 1 fully saturated rings. The number of hydrogen-bond acceptors (Lipinski definition) is 3. The molecule has 0 saturated heterocycles. The Labute approximate surface area is 336 Å². The standard InChI is InChI=1S/C29H24NS.C18H24NSi.Ir/c1-3-8-20(9-4-1)22-14-15-24-25-12-7-13-26(29(25)31-28(24)19-22)27-18-23(16-17-30-27)21-10-5-2-6-11-21;1-13(2)16-11-17(15-9-7-14(3)8-10-15)19-12-18(16)20(4,5)6;/h1,3-4,7-9,12,14-19,21H,2,5-6,10-11H2;7-9,11-13H,1-6H3;/q2*-1;/i21D;3D3,13D;. The maximum absolute atomic E-state index is 9.04. The Hall–Kier alpha value is -3.73. The Morgan fingerprint density at radius 3 is 2.37 bits per heavy atom. The smallest absolute Gasteiger partial charge is 0.0799 e. The molecule has 1 radical (unpaired) electrons. The predicted octanol–water partition coefficient (Wildman–Crippen LogP) is 13.2. The van der Waals surface area contributed by atoms with E-state index in [9.17, 15) is 0 Å². The van der Waals surface area contributed by atoms with E-state index in [2.05, 4.69) is 97.4 Å². The van der Waals surface area contributed by atoms with E-state index in [1.807, 2.05) is 55.8 Å². The zero-order valence-corrected chi connectivity index (χ0v) is 34.8. The first-order valence-electron chi connectivity index (χ1n) is 20.4. The number of hydrogen-bond donors (Lipinski definition) is 0. The van der Waals surface area contributed by atoms with Gasteiger partial charge in [0.05, 0.1) is 8.07 Å². The summed E-state index contributed by atoms with van der Waals surface area (Å²) in [6.45, 7) is 8.38. The summed E-state index contributed by atoms with van der Waals surface area (Å²) in [7, 11) is -1.61. The molecule has 0 bridgehead atoms. The van der Waals surface area contributed by atoms with Gasteiger partial charge in [0.2, 0.25) is 0 Å². The van der Waals surface area contributed by atoms with Crippen molar-refractivity contribution < 1.29 is 27.0 Å². The molecule has 3 aromatic heterocycles. The topological polar surface area (TPSA) is 25.8 Å². The molecule has 267 valence electrons. The minimum absolute atomic E-state index is 0. The van der Waals surface area contributed by atoms with E-state index < -0.39 is 26.7 Å². The number of thiophene rings is 1. The van der Waals surface area contributed by atoms with Gasteiger partial charge in [-0.25, -0.2) is 0 Å². The number of pyridine rings is 2. The van der Waals surface area contributed by atoms with Crippen LogP contribution >= 0.6 is 11.3 Å². The zero-order chi connectivity index (χ0) is 39.9. The average molecular weight is 898 g/mol. The average Bonchev–Trinajstić information content (AvgIpc) is 3.56. The summed E-state index contributed by atoms with van der Waals surface area (Å²) in [5, 5.41) is 3.72. The Bertz CT molecular complexity index is 2480.